The van der Waals surface area contributed by atoms with E-state index < -0.39 is 23.7 Å². The number of carbonyl (C=O) groups excluding carboxylic acids is 1. The van der Waals surface area contributed by atoms with Crippen molar-refractivity contribution in [2.45, 2.75) is 84.3 Å². The Balaban J connectivity index is 1.83. The van der Waals surface area contributed by atoms with Crippen LogP contribution in [-0.2, 0) is 9.53 Å². The van der Waals surface area contributed by atoms with Crippen LogP contribution in [0.15, 0.2) is 0 Å². The molecule has 5 heteroatoms. The lowest BCUT2D eigenvalue weighted by atomic mass is 9.42. The number of rotatable bonds is 4. The average Bonchev–Trinajstić information content (AvgIpc) is 2.41. The zero-order chi connectivity index (χ0) is 17.8. The van der Waals surface area contributed by atoms with Gasteiger partial charge in [0.25, 0.3) is 0 Å². The SMILES string of the molecule is CCC12CC3CC(C1)CC([C@H](NC(=O)OC(C)(C)C)C(=O)O)(C3)C2. The summed E-state index contributed by atoms with van der Waals surface area (Å²) in [6.07, 6.45) is 6.99. The molecule has 4 aliphatic carbocycles. The molecule has 24 heavy (non-hydrogen) atoms. The standard InChI is InChI=1S/C19H31NO4/c1-5-18-7-12-6-13(8-18)10-19(9-12,11-18)14(15(21)22)20-16(23)24-17(2,3)4/h12-14H,5-11H2,1-4H3,(H,20,23)(H,21,22)/t12?,13?,14-,18?,19?/m1/s1. The third-order valence-electron chi connectivity index (χ3n) is 6.50. The molecule has 0 heterocycles. The summed E-state index contributed by atoms with van der Waals surface area (Å²) in [7, 11) is 0. The van der Waals surface area contributed by atoms with Crippen molar-refractivity contribution in [3.05, 3.63) is 0 Å². The van der Waals surface area contributed by atoms with Crippen molar-refractivity contribution in [1.82, 2.24) is 5.32 Å². The van der Waals surface area contributed by atoms with E-state index >= 15 is 0 Å². The highest BCUT2D eigenvalue weighted by molar-refractivity contribution is 5.81. The first-order valence-electron chi connectivity index (χ1n) is 9.29. The number of carbonyl (C=O) groups is 2. The molecule has 2 N–H and O–H groups in total. The average molecular weight is 337 g/mol. The zero-order valence-electron chi connectivity index (χ0n) is 15.4. The molecule has 0 saturated heterocycles. The van der Waals surface area contributed by atoms with Crippen LogP contribution in [0.2, 0.25) is 0 Å². The van der Waals surface area contributed by atoms with Crippen LogP contribution >= 0.6 is 0 Å². The van der Waals surface area contributed by atoms with Crippen molar-refractivity contribution in [3.8, 4) is 0 Å². The molecule has 4 rings (SSSR count). The summed E-state index contributed by atoms with van der Waals surface area (Å²) in [5.74, 6) is 0.316. The van der Waals surface area contributed by atoms with Gasteiger partial charge in [-0.15, -0.1) is 0 Å². The monoisotopic (exact) mass is 337 g/mol. The highest BCUT2D eigenvalue weighted by Gasteiger charge is 2.61. The molecular formula is C19H31NO4. The van der Waals surface area contributed by atoms with Gasteiger partial charge in [-0.3, -0.25) is 0 Å². The molecule has 3 atom stereocenters. The molecule has 0 aromatic rings. The lowest BCUT2D eigenvalue weighted by Gasteiger charge is -2.63. The summed E-state index contributed by atoms with van der Waals surface area (Å²) in [5.41, 5.74) is -0.643. The molecule has 4 aliphatic rings. The van der Waals surface area contributed by atoms with Crippen LogP contribution in [0.5, 0.6) is 0 Å². The predicted octanol–water partition coefficient (Wildman–Crippen LogP) is 3.96. The normalized spacial score (nSPS) is 38.7. The van der Waals surface area contributed by atoms with Crippen LogP contribution in [0.3, 0.4) is 0 Å². The third kappa shape index (κ3) is 3.14. The largest absolute Gasteiger partial charge is 0.480 e. The van der Waals surface area contributed by atoms with Crippen LogP contribution in [0, 0.1) is 22.7 Å². The Bertz CT molecular complexity index is 522. The van der Waals surface area contributed by atoms with Gasteiger partial charge in [0.2, 0.25) is 0 Å². The summed E-state index contributed by atoms with van der Waals surface area (Å²) in [4.78, 5) is 24.3. The van der Waals surface area contributed by atoms with E-state index in [2.05, 4.69) is 12.2 Å². The number of amides is 1. The van der Waals surface area contributed by atoms with Crippen molar-refractivity contribution in [3.63, 3.8) is 0 Å². The number of nitrogens with one attached hydrogen (secondary N) is 1. The number of carboxylic acids is 1. The quantitative estimate of drug-likeness (QED) is 0.814. The predicted molar refractivity (Wildman–Crippen MR) is 90.6 cm³/mol. The summed E-state index contributed by atoms with van der Waals surface area (Å²) in [6, 6.07) is -0.843. The van der Waals surface area contributed by atoms with Crippen LogP contribution in [-0.4, -0.2) is 28.8 Å². The molecule has 4 fully saturated rings. The Kier molecular flexibility index (Phi) is 4.12. The maximum Gasteiger partial charge on any atom is 0.408 e. The van der Waals surface area contributed by atoms with Crippen LogP contribution in [0.4, 0.5) is 4.79 Å². The van der Waals surface area contributed by atoms with Gasteiger partial charge in [-0.25, -0.2) is 9.59 Å². The maximum absolute atomic E-state index is 12.2. The Hall–Kier alpha value is -1.26. The highest BCUT2D eigenvalue weighted by atomic mass is 16.6. The van der Waals surface area contributed by atoms with Crippen LogP contribution in [0.1, 0.15) is 72.6 Å². The fourth-order valence-electron chi connectivity index (χ4n) is 6.18. The molecule has 0 aromatic carbocycles. The van der Waals surface area contributed by atoms with Gasteiger partial charge >= 0.3 is 12.1 Å². The minimum Gasteiger partial charge on any atom is -0.480 e. The summed E-state index contributed by atoms with van der Waals surface area (Å²) in [5, 5.41) is 12.6. The second-order valence-corrected chi connectivity index (χ2v) is 9.59. The number of ether oxygens (including phenoxy) is 1. The first kappa shape index (κ1) is 17.6. The number of carboxylic acid groups (broad SMARTS) is 1. The molecule has 4 saturated carbocycles. The van der Waals surface area contributed by atoms with E-state index in [1.165, 1.54) is 19.3 Å². The zero-order valence-corrected chi connectivity index (χ0v) is 15.4. The molecule has 0 spiro atoms. The van der Waals surface area contributed by atoms with Gasteiger partial charge in [-0.05, 0) is 76.5 Å². The maximum atomic E-state index is 12.2. The summed E-state index contributed by atoms with van der Waals surface area (Å²) in [6.45, 7) is 7.61. The Labute approximate surface area is 144 Å². The molecule has 0 aliphatic heterocycles. The van der Waals surface area contributed by atoms with E-state index in [1.807, 2.05) is 0 Å². The molecule has 2 unspecified atom stereocenters. The highest BCUT2D eigenvalue weighted by Crippen LogP contribution is 2.67. The number of hydrogen-bond donors (Lipinski definition) is 2. The molecule has 136 valence electrons. The Morgan fingerprint density at radius 2 is 1.79 bits per heavy atom. The van der Waals surface area contributed by atoms with Crippen molar-refractivity contribution in [1.29, 1.82) is 0 Å². The van der Waals surface area contributed by atoms with Crippen molar-refractivity contribution >= 4 is 12.1 Å². The molecule has 1 amide bonds. The van der Waals surface area contributed by atoms with Gasteiger partial charge in [0.15, 0.2) is 0 Å². The van der Waals surface area contributed by atoms with Gasteiger partial charge in [-0.2, -0.15) is 0 Å². The first-order valence-corrected chi connectivity index (χ1v) is 9.29. The van der Waals surface area contributed by atoms with E-state index in [1.54, 1.807) is 20.8 Å². The van der Waals surface area contributed by atoms with Crippen LogP contribution < -0.4 is 5.32 Å². The fraction of sp³-hybridized carbons (Fsp3) is 0.895. The van der Waals surface area contributed by atoms with Gasteiger partial charge in [0.05, 0.1) is 0 Å². The first-order chi connectivity index (χ1) is 11.1. The Morgan fingerprint density at radius 1 is 1.21 bits per heavy atom. The van der Waals surface area contributed by atoms with Crippen molar-refractivity contribution < 1.29 is 19.4 Å². The van der Waals surface area contributed by atoms with E-state index in [4.69, 9.17) is 4.74 Å². The van der Waals surface area contributed by atoms with Crippen molar-refractivity contribution in [2.24, 2.45) is 22.7 Å². The number of hydrogen-bond acceptors (Lipinski definition) is 3. The van der Waals surface area contributed by atoms with Crippen LogP contribution in [0.25, 0.3) is 0 Å². The smallest absolute Gasteiger partial charge is 0.408 e. The minimum atomic E-state index is -0.922. The van der Waals surface area contributed by atoms with Crippen molar-refractivity contribution in [2.75, 3.05) is 0 Å². The fourth-order valence-corrected chi connectivity index (χ4v) is 6.18. The summed E-state index contributed by atoms with van der Waals surface area (Å²) >= 11 is 0. The van der Waals surface area contributed by atoms with E-state index in [0.29, 0.717) is 11.8 Å². The molecule has 0 radical (unpaired) electrons. The van der Waals surface area contributed by atoms with E-state index in [-0.39, 0.29) is 10.8 Å². The second-order valence-electron chi connectivity index (χ2n) is 9.59. The van der Waals surface area contributed by atoms with Gasteiger partial charge < -0.3 is 15.2 Å². The Morgan fingerprint density at radius 3 is 2.25 bits per heavy atom. The molecule has 4 bridgehead atoms. The molecule has 0 aromatic heterocycles. The number of alkyl carbamates (subject to hydrolysis) is 1. The third-order valence-corrected chi connectivity index (χ3v) is 6.50. The minimum absolute atomic E-state index is 0.285. The lowest BCUT2D eigenvalue weighted by molar-refractivity contribution is -0.160. The summed E-state index contributed by atoms with van der Waals surface area (Å²) < 4.78 is 5.32. The van der Waals surface area contributed by atoms with Gasteiger partial charge in [-0.1, -0.05) is 13.3 Å². The topological polar surface area (TPSA) is 75.6 Å². The van der Waals surface area contributed by atoms with E-state index in [0.717, 1.165) is 25.7 Å². The lowest BCUT2D eigenvalue weighted by Crippen LogP contribution is -2.62. The second kappa shape index (κ2) is 5.63. The molecular weight excluding hydrogens is 306 g/mol. The van der Waals surface area contributed by atoms with E-state index in [9.17, 15) is 14.7 Å². The van der Waals surface area contributed by atoms with Gasteiger partial charge in [0, 0.05) is 5.41 Å². The van der Waals surface area contributed by atoms with Gasteiger partial charge in [0.1, 0.15) is 11.6 Å². The molecule has 5 nitrogen and oxygen atoms in total. The number of aliphatic carboxylic acids is 1.